The SMILES string of the molecule is CC1(C)C(/C=C/C2=C(Oc3ccc(S(=O)(=O)O)cc3)C(=C/C=C3/N(CCCCS(=O)(=O)[O-])c4ccc(S(=O)(=O)O)cc4C3(C)C)/CCC2)=[N+](CCCCCC(=O)NCCCOc2cccc3c(C(=O)NCC(=O)O)ccnc23)c2ccc(S(=O)(=O)O)cc21. The topological polar surface area (TPSA) is 353 Å². The van der Waals surface area contributed by atoms with Crippen LogP contribution in [-0.2, 0) is 60.9 Å². The number of ether oxygens (including phenoxy) is 2. The Balaban J connectivity index is 1.03. The number of allylic oxidation sites excluding steroid dienone is 7. The van der Waals surface area contributed by atoms with Gasteiger partial charge in [0, 0.05) is 77.8 Å². The van der Waals surface area contributed by atoms with Crippen molar-refractivity contribution in [2.24, 2.45) is 0 Å². The molecule has 3 heterocycles. The van der Waals surface area contributed by atoms with Gasteiger partial charge in [0.25, 0.3) is 36.3 Å². The Morgan fingerprint density at radius 2 is 1.42 bits per heavy atom. The van der Waals surface area contributed by atoms with Gasteiger partial charge in [-0.1, -0.05) is 32.1 Å². The first kappa shape index (κ1) is 66.3. The third-order valence-corrected chi connectivity index (χ3v) is 19.0. The van der Waals surface area contributed by atoms with Gasteiger partial charge >= 0.3 is 5.97 Å². The number of nitrogens with zero attached hydrogens (tertiary/aromatic N) is 3. The number of anilines is 1. The summed E-state index contributed by atoms with van der Waals surface area (Å²) in [4.78, 5) is 42.0. The molecule has 0 bridgehead atoms. The maximum absolute atomic E-state index is 13.0. The molecular formula is C61H69N5O18S4. The van der Waals surface area contributed by atoms with Crippen LogP contribution in [0.3, 0.4) is 0 Å². The van der Waals surface area contributed by atoms with E-state index in [1.807, 2.05) is 56.9 Å². The molecule has 470 valence electrons. The van der Waals surface area contributed by atoms with Gasteiger partial charge in [0.05, 0.1) is 42.4 Å². The molecule has 4 aromatic carbocycles. The van der Waals surface area contributed by atoms with Crippen molar-refractivity contribution >= 4 is 86.2 Å². The second kappa shape index (κ2) is 27.0. The Bertz CT molecular complexity index is 4190. The average Bonchev–Trinajstić information content (AvgIpc) is 1.79. The van der Waals surface area contributed by atoms with Crippen LogP contribution in [0.2, 0.25) is 0 Å². The number of rotatable bonds is 27. The minimum Gasteiger partial charge on any atom is -0.748 e. The number of nitrogens with one attached hydrogen (secondary N) is 2. The molecule has 6 N–H and O–H groups in total. The Morgan fingerprint density at radius 3 is 2.10 bits per heavy atom. The van der Waals surface area contributed by atoms with E-state index in [9.17, 15) is 66.3 Å². The van der Waals surface area contributed by atoms with Crippen molar-refractivity contribution in [1.29, 1.82) is 0 Å². The summed E-state index contributed by atoms with van der Waals surface area (Å²) in [6.07, 6.45) is 13.4. The molecule has 1 aromatic heterocycles. The lowest BCUT2D eigenvalue weighted by atomic mass is 9.81. The molecule has 0 unspecified atom stereocenters. The third kappa shape index (κ3) is 16.0. The number of hydrogen-bond acceptors (Lipinski definition) is 16. The number of hydrogen-bond donors (Lipinski definition) is 6. The first-order chi connectivity index (χ1) is 41.3. The predicted molar refractivity (Wildman–Crippen MR) is 326 cm³/mol. The van der Waals surface area contributed by atoms with Gasteiger partial charge in [0.1, 0.15) is 35.9 Å². The molecule has 2 amide bonds. The van der Waals surface area contributed by atoms with Gasteiger partial charge in [-0.25, -0.2) is 8.42 Å². The van der Waals surface area contributed by atoms with Crippen LogP contribution in [0.4, 0.5) is 11.4 Å². The van der Waals surface area contributed by atoms with E-state index in [0.29, 0.717) is 120 Å². The normalized spacial score (nSPS) is 16.8. The summed E-state index contributed by atoms with van der Waals surface area (Å²) >= 11 is 0. The first-order valence-electron chi connectivity index (χ1n) is 28.3. The van der Waals surface area contributed by atoms with Gasteiger partial charge in [0.15, 0.2) is 5.71 Å². The number of carboxylic acids is 1. The maximum atomic E-state index is 13.0. The number of pyridine rings is 1. The molecule has 88 heavy (non-hydrogen) atoms. The van der Waals surface area contributed by atoms with Crippen LogP contribution in [0.5, 0.6) is 11.5 Å². The van der Waals surface area contributed by atoms with E-state index >= 15 is 0 Å². The predicted octanol–water partition coefficient (Wildman–Crippen LogP) is 8.32. The smallest absolute Gasteiger partial charge is 0.322 e. The molecule has 5 aromatic rings. The van der Waals surface area contributed by atoms with Crippen LogP contribution in [0, 0.1) is 0 Å². The van der Waals surface area contributed by atoms with Gasteiger partial charge in [-0.15, -0.1) is 0 Å². The molecule has 1 aliphatic carbocycles. The number of fused-ring (bicyclic) bond motifs is 3. The zero-order chi connectivity index (χ0) is 64.0. The minimum atomic E-state index is -4.60. The fourth-order valence-electron chi connectivity index (χ4n) is 11.2. The van der Waals surface area contributed by atoms with Crippen LogP contribution in [-0.4, -0.2) is 129 Å². The van der Waals surface area contributed by atoms with E-state index < -0.39 is 75.5 Å². The van der Waals surface area contributed by atoms with Crippen molar-refractivity contribution in [1.82, 2.24) is 15.6 Å². The number of carbonyl (C=O) groups is 3. The number of benzene rings is 4. The van der Waals surface area contributed by atoms with E-state index in [0.717, 1.165) is 5.71 Å². The van der Waals surface area contributed by atoms with Gasteiger partial charge in [-0.2, -0.15) is 29.8 Å². The van der Waals surface area contributed by atoms with Crippen molar-refractivity contribution in [3.05, 3.63) is 155 Å². The zero-order valence-corrected chi connectivity index (χ0v) is 52.0. The monoisotopic (exact) mass is 1290 g/mol. The molecular weight excluding hydrogens is 1220 g/mol. The Labute approximate surface area is 511 Å². The molecule has 0 saturated carbocycles. The summed E-state index contributed by atoms with van der Waals surface area (Å²) in [5.41, 5.74) is 4.32. The van der Waals surface area contributed by atoms with Gasteiger partial charge in [-0.3, -0.25) is 33.0 Å². The number of carbonyl (C=O) groups excluding carboxylic acids is 2. The highest BCUT2D eigenvalue weighted by molar-refractivity contribution is 7.86. The highest BCUT2D eigenvalue weighted by atomic mass is 32.2. The summed E-state index contributed by atoms with van der Waals surface area (Å²) in [7, 11) is -18.2. The Hall–Kier alpha value is -7.63. The number of aromatic nitrogens is 1. The lowest BCUT2D eigenvalue weighted by Crippen LogP contribution is -2.29. The van der Waals surface area contributed by atoms with Crippen molar-refractivity contribution < 1.29 is 85.4 Å². The molecule has 0 atom stereocenters. The fraction of sp³-hybridized carbons (Fsp3) is 0.361. The second-order valence-electron chi connectivity index (χ2n) is 22.5. The molecule has 27 heteroatoms. The second-order valence-corrected chi connectivity index (χ2v) is 28.3. The van der Waals surface area contributed by atoms with Crippen molar-refractivity contribution in [3.63, 3.8) is 0 Å². The molecule has 8 rings (SSSR count). The standard InChI is InChI=1S/C61H69N5O18S4/c1-60(2)48-37-44(87(77,78)79)24-26-50(48)65(33-7-5-6-17-55(67)62-31-12-35-83-52-16-11-15-46-47(30-32-63-57(46)52)59(70)64-39-56(68)69)53(60)28-18-40-13-10-14-41(58(40)84-42-20-22-43(23-21-42)86(74,75)76)19-29-54-61(3,4)49-38-45(88(80,81)82)25-27-51(49)66(54)34-8-9-36-85(71,72)73/h11,15-16,18-30,32,37-38H,5-10,12-14,17,31,33-36,39H2,1-4H3,(H6-,62,64,67,68,69,70,71,72,73,74,75,76,77,78,79,80,81,82). The summed E-state index contributed by atoms with van der Waals surface area (Å²) in [6.45, 7) is 8.32. The van der Waals surface area contributed by atoms with E-state index in [1.54, 1.807) is 30.3 Å². The summed E-state index contributed by atoms with van der Waals surface area (Å²) in [6, 6.07) is 20.4. The van der Waals surface area contributed by atoms with E-state index in [4.69, 9.17) is 14.6 Å². The van der Waals surface area contributed by atoms with Gasteiger partial charge in [-0.05, 0) is 161 Å². The largest absolute Gasteiger partial charge is 0.748 e. The quantitative estimate of drug-likeness (QED) is 0.0163. The zero-order valence-electron chi connectivity index (χ0n) is 48.8. The number of amides is 2. The van der Waals surface area contributed by atoms with Gasteiger partial charge in [0.2, 0.25) is 11.6 Å². The molecule has 0 saturated heterocycles. The minimum absolute atomic E-state index is 0.0596. The van der Waals surface area contributed by atoms with Crippen LogP contribution in [0.25, 0.3) is 10.9 Å². The van der Waals surface area contributed by atoms with Gasteiger partial charge < -0.3 is 34.7 Å². The van der Waals surface area contributed by atoms with Crippen molar-refractivity contribution in [2.75, 3.05) is 43.4 Å². The van der Waals surface area contributed by atoms with Crippen LogP contribution in [0.1, 0.15) is 113 Å². The average molecular weight is 1290 g/mol. The van der Waals surface area contributed by atoms with E-state index in [-0.39, 0.29) is 64.3 Å². The third-order valence-electron chi connectivity index (χ3n) is 15.6. The molecule has 2 aliphatic heterocycles. The summed E-state index contributed by atoms with van der Waals surface area (Å²) < 4.78 is 153. The lowest BCUT2D eigenvalue weighted by molar-refractivity contribution is -0.438. The number of unbranched alkanes of at least 4 members (excludes halogenated alkanes) is 3. The molecule has 3 aliphatic rings. The molecule has 0 radical (unpaired) electrons. The molecule has 0 fully saturated rings. The van der Waals surface area contributed by atoms with E-state index in [1.165, 1.54) is 60.8 Å². The van der Waals surface area contributed by atoms with Crippen LogP contribution >= 0.6 is 0 Å². The Kier molecular flexibility index (Phi) is 20.3. The van der Waals surface area contributed by atoms with E-state index in [2.05, 4.69) is 20.2 Å². The van der Waals surface area contributed by atoms with Crippen LogP contribution < -0.4 is 25.0 Å². The number of para-hydroxylation sites is 1. The fourth-order valence-corrected chi connectivity index (χ4v) is 13.2. The number of aliphatic carboxylic acids is 1. The van der Waals surface area contributed by atoms with Crippen LogP contribution in [0.15, 0.2) is 153 Å². The van der Waals surface area contributed by atoms with Crippen molar-refractivity contribution in [3.8, 4) is 11.5 Å². The lowest BCUT2D eigenvalue weighted by Gasteiger charge is -2.27. The highest BCUT2D eigenvalue weighted by Gasteiger charge is 2.45. The summed E-state index contributed by atoms with van der Waals surface area (Å²) in [5.74, 6) is -1.42. The molecule has 23 nitrogen and oxygen atoms in total. The first-order valence-corrected chi connectivity index (χ1v) is 34.2. The molecule has 0 spiro atoms. The van der Waals surface area contributed by atoms with Crippen molar-refractivity contribution in [2.45, 2.75) is 117 Å². The highest BCUT2D eigenvalue weighted by Crippen LogP contribution is 2.49. The summed E-state index contributed by atoms with van der Waals surface area (Å²) in [5, 5.41) is 14.7. The maximum Gasteiger partial charge on any atom is 0.322 e. The Morgan fingerprint density at radius 1 is 0.739 bits per heavy atom. The number of carboxylic acid groups (broad SMARTS) is 1.